The molecule has 7 nitrogen and oxygen atoms in total. The molecule has 2 heterocycles. The number of hydrogen-bond acceptors (Lipinski definition) is 5. The van der Waals surface area contributed by atoms with E-state index >= 15 is 0 Å². The first-order valence-electron chi connectivity index (χ1n) is 8.24. The fourth-order valence-electron chi connectivity index (χ4n) is 2.75. The average Bonchev–Trinajstić information content (AvgIpc) is 2.85. The second-order valence-electron chi connectivity index (χ2n) is 6.09. The summed E-state index contributed by atoms with van der Waals surface area (Å²) in [6.45, 7) is 5.47. The van der Waals surface area contributed by atoms with Gasteiger partial charge in [0, 0.05) is 24.4 Å². The van der Waals surface area contributed by atoms with Gasteiger partial charge < -0.3 is 9.72 Å². The SMILES string of the molecule is Cc1nn(C)c(C)c1/C=C/C(=O)O[C@@H](C)c1nc2ccccc2c(=O)[nH]1. The van der Waals surface area contributed by atoms with E-state index in [1.165, 1.54) is 6.08 Å². The van der Waals surface area contributed by atoms with Gasteiger partial charge in [0.2, 0.25) is 0 Å². The zero-order valence-corrected chi connectivity index (χ0v) is 15.1. The second-order valence-corrected chi connectivity index (χ2v) is 6.09. The third-order valence-corrected chi connectivity index (χ3v) is 4.26. The van der Waals surface area contributed by atoms with E-state index in [9.17, 15) is 9.59 Å². The van der Waals surface area contributed by atoms with Crippen molar-refractivity contribution >= 4 is 22.9 Å². The molecular weight excluding hydrogens is 332 g/mol. The molecule has 0 saturated carbocycles. The summed E-state index contributed by atoms with van der Waals surface area (Å²) in [5.41, 5.74) is 2.98. The molecule has 3 rings (SSSR count). The van der Waals surface area contributed by atoms with Gasteiger partial charge >= 0.3 is 5.97 Å². The molecule has 1 atom stereocenters. The zero-order chi connectivity index (χ0) is 18.8. The molecule has 0 aliphatic rings. The summed E-state index contributed by atoms with van der Waals surface area (Å²) >= 11 is 0. The third-order valence-electron chi connectivity index (χ3n) is 4.26. The second kappa shape index (κ2) is 6.95. The molecule has 2 aromatic heterocycles. The Labute approximate surface area is 150 Å². The van der Waals surface area contributed by atoms with Crippen LogP contribution < -0.4 is 5.56 Å². The van der Waals surface area contributed by atoms with Crippen LogP contribution in [0, 0.1) is 13.8 Å². The van der Waals surface area contributed by atoms with Crippen LogP contribution in [0.4, 0.5) is 0 Å². The molecule has 0 radical (unpaired) electrons. The number of para-hydroxylation sites is 1. The van der Waals surface area contributed by atoms with E-state index in [-0.39, 0.29) is 5.56 Å². The molecule has 26 heavy (non-hydrogen) atoms. The maximum Gasteiger partial charge on any atom is 0.331 e. The van der Waals surface area contributed by atoms with Gasteiger partial charge in [-0.05, 0) is 39.0 Å². The highest BCUT2D eigenvalue weighted by atomic mass is 16.5. The molecule has 1 N–H and O–H groups in total. The van der Waals surface area contributed by atoms with Crippen LogP contribution in [0.5, 0.6) is 0 Å². The first-order valence-corrected chi connectivity index (χ1v) is 8.24. The number of carbonyl (C=O) groups excluding carboxylic acids is 1. The van der Waals surface area contributed by atoms with Gasteiger partial charge in [-0.1, -0.05) is 12.1 Å². The van der Waals surface area contributed by atoms with Crippen molar-refractivity contribution in [2.24, 2.45) is 7.05 Å². The minimum absolute atomic E-state index is 0.259. The number of aryl methyl sites for hydroxylation is 2. The molecule has 0 spiro atoms. The van der Waals surface area contributed by atoms with Crippen LogP contribution in [0.3, 0.4) is 0 Å². The maximum absolute atomic E-state index is 12.1. The summed E-state index contributed by atoms with van der Waals surface area (Å²) in [5, 5.41) is 4.80. The maximum atomic E-state index is 12.1. The van der Waals surface area contributed by atoms with E-state index in [1.54, 1.807) is 41.9 Å². The van der Waals surface area contributed by atoms with Crippen molar-refractivity contribution in [1.82, 2.24) is 19.7 Å². The summed E-state index contributed by atoms with van der Waals surface area (Å²) in [5.74, 6) is -0.208. The smallest absolute Gasteiger partial charge is 0.331 e. The van der Waals surface area contributed by atoms with Crippen LogP contribution in [-0.2, 0) is 16.6 Å². The number of hydrogen-bond donors (Lipinski definition) is 1. The Morgan fingerprint density at radius 2 is 2.04 bits per heavy atom. The first-order chi connectivity index (χ1) is 12.4. The molecule has 0 amide bonds. The standard InChI is InChI=1S/C19H20N4O3/c1-11-14(12(2)23(4)22-11)9-10-17(24)26-13(3)18-20-16-8-6-5-7-15(16)19(25)21-18/h5-10,13H,1-4H3,(H,20,21,25)/b10-9+/t13-/m0/s1. The van der Waals surface area contributed by atoms with Gasteiger partial charge in [0.1, 0.15) is 0 Å². The lowest BCUT2D eigenvalue weighted by atomic mass is 10.2. The highest BCUT2D eigenvalue weighted by Crippen LogP contribution is 2.16. The molecule has 134 valence electrons. The fraction of sp³-hybridized carbons (Fsp3) is 0.263. The molecular formula is C19H20N4O3. The minimum Gasteiger partial charge on any atom is -0.451 e. The van der Waals surface area contributed by atoms with Gasteiger partial charge in [-0.3, -0.25) is 9.48 Å². The van der Waals surface area contributed by atoms with Crippen molar-refractivity contribution in [3.8, 4) is 0 Å². The summed E-state index contributed by atoms with van der Waals surface area (Å²) < 4.78 is 7.12. The van der Waals surface area contributed by atoms with E-state index in [1.807, 2.05) is 20.9 Å². The molecule has 3 aromatic rings. The Morgan fingerprint density at radius 3 is 2.73 bits per heavy atom. The van der Waals surface area contributed by atoms with Gasteiger partial charge in [0.15, 0.2) is 11.9 Å². The summed E-state index contributed by atoms with van der Waals surface area (Å²) in [6.07, 6.45) is 2.36. The van der Waals surface area contributed by atoms with Crippen LogP contribution in [0.1, 0.15) is 35.8 Å². The number of fused-ring (bicyclic) bond motifs is 1. The highest BCUT2D eigenvalue weighted by Gasteiger charge is 2.14. The van der Waals surface area contributed by atoms with Crippen molar-refractivity contribution in [3.05, 3.63) is 63.5 Å². The van der Waals surface area contributed by atoms with Gasteiger partial charge in [0.05, 0.1) is 16.6 Å². The summed E-state index contributed by atoms with van der Waals surface area (Å²) in [4.78, 5) is 31.3. The number of carbonyl (C=O) groups is 1. The van der Waals surface area contributed by atoms with Crippen molar-refractivity contribution in [2.75, 3.05) is 0 Å². The number of rotatable bonds is 4. The average molecular weight is 352 g/mol. The van der Waals surface area contributed by atoms with Crippen LogP contribution in [0.2, 0.25) is 0 Å². The van der Waals surface area contributed by atoms with E-state index in [4.69, 9.17) is 4.74 Å². The molecule has 0 aliphatic heterocycles. The number of benzene rings is 1. The van der Waals surface area contributed by atoms with E-state index in [0.29, 0.717) is 16.7 Å². The van der Waals surface area contributed by atoms with Crippen molar-refractivity contribution < 1.29 is 9.53 Å². The topological polar surface area (TPSA) is 89.9 Å². The van der Waals surface area contributed by atoms with Crippen LogP contribution in [0.15, 0.2) is 35.1 Å². The van der Waals surface area contributed by atoms with Crippen LogP contribution >= 0.6 is 0 Å². The number of nitrogens with one attached hydrogen (secondary N) is 1. The van der Waals surface area contributed by atoms with Gasteiger partial charge in [-0.15, -0.1) is 0 Å². The van der Waals surface area contributed by atoms with Crippen LogP contribution in [-0.4, -0.2) is 25.7 Å². The van der Waals surface area contributed by atoms with Gasteiger partial charge in [0.25, 0.3) is 5.56 Å². The number of H-pyrrole nitrogens is 1. The Balaban J connectivity index is 1.77. The van der Waals surface area contributed by atoms with Crippen molar-refractivity contribution in [3.63, 3.8) is 0 Å². The number of aromatic amines is 1. The molecule has 7 heteroatoms. The largest absolute Gasteiger partial charge is 0.451 e. The Bertz CT molecular complexity index is 1060. The lowest BCUT2D eigenvalue weighted by molar-refractivity contribution is -0.142. The van der Waals surface area contributed by atoms with E-state index < -0.39 is 12.1 Å². The lowest BCUT2D eigenvalue weighted by Crippen LogP contribution is -2.16. The lowest BCUT2D eigenvalue weighted by Gasteiger charge is -2.11. The minimum atomic E-state index is -0.680. The predicted molar refractivity (Wildman–Crippen MR) is 98.6 cm³/mol. The number of ether oxygens (including phenoxy) is 1. The first kappa shape index (κ1) is 17.6. The van der Waals surface area contributed by atoms with Gasteiger partial charge in [-0.25, -0.2) is 9.78 Å². The third kappa shape index (κ3) is 3.42. The highest BCUT2D eigenvalue weighted by molar-refractivity contribution is 5.87. The van der Waals surface area contributed by atoms with E-state index in [0.717, 1.165) is 17.0 Å². The quantitative estimate of drug-likeness (QED) is 0.576. The number of nitrogens with zero attached hydrogens (tertiary/aromatic N) is 3. The molecule has 0 unspecified atom stereocenters. The van der Waals surface area contributed by atoms with Crippen molar-refractivity contribution in [1.29, 1.82) is 0 Å². The Kier molecular flexibility index (Phi) is 4.71. The number of aromatic nitrogens is 4. The Morgan fingerprint density at radius 1 is 1.31 bits per heavy atom. The number of esters is 1. The fourth-order valence-corrected chi connectivity index (χ4v) is 2.75. The molecule has 1 aromatic carbocycles. The van der Waals surface area contributed by atoms with Crippen molar-refractivity contribution in [2.45, 2.75) is 26.9 Å². The zero-order valence-electron chi connectivity index (χ0n) is 15.1. The summed E-state index contributed by atoms with van der Waals surface area (Å²) in [6, 6.07) is 7.02. The molecule has 0 saturated heterocycles. The predicted octanol–water partition coefficient (Wildman–Crippen LogP) is 2.59. The molecule has 0 bridgehead atoms. The summed E-state index contributed by atoms with van der Waals surface area (Å²) in [7, 11) is 1.85. The molecule has 0 aliphatic carbocycles. The normalized spacial score (nSPS) is 12.6. The monoisotopic (exact) mass is 352 g/mol. The molecule has 0 fully saturated rings. The van der Waals surface area contributed by atoms with Crippen LogP contribution in [0.25, 0.3) is 17.0 Å². The van der Waals surface area contributed by atoms with E-state index in [2.05, 4.69) is 15.1 Å². The Hall–Kier alpha value is -3.22. The van der Waals surface area contributed by atoms with Gasteiger partial charge in [-0.2, -0.15) is 5.10 Å².